The first-order valence-corrected chi connectivity index (χ1v) is 12.1. The molecule has 0 amide bonds. The Morgan fingerprint density at radius 2 is 1.68 bits per heavy atom. The summed E-state index contributed by atoms with van der Waals surface area (Å²) < 4.78 is 17.8. The highest BCUT2D eigenvalue weighted by Crippen LogP contribution is 2.31. The molecule has 2 aliphatic heterocycles. The van der Waals surface area contributed by atoms with Gasteiger partial charge in [-0.2, -0.15) is 0 Å². The van der Waals surface area contributed by atoms with E-state index in [0.717, 1.165) is 60.9 Å². The van der Waals surface area contributed by atoms with E-state index in [1.165, 1.54) is 0 Å². The van der Waals surface area contributed by atoms with Gasteiger partial charge in [0.1, 0.15) is 31.2 Å². The van der Waals surface area contributed by atoms with Crippen molar-refractivity contribution in [2.45, 2.75) is 12.2 Å². The Kier molecular flexibility index (Phi) is 8.83. The van der Waals surface area contributed by atoms with Crippen LogP contribution in [0.3, 0.4) is 0 Å². The molecule has 0 bridgehead atoms. The fourth-order valence-electron chi connectivity index (χ4n) is 4.31. The third kappa shape index (κ3) is 7.35. The van der Waals surface area contributed by atoms with E-state index in [1.54, 1.807) is 0 Å². The van der Waals surface area contributed by atoms with Crippen molar-refractivity contribution in [1.82, 2.24) is 14.8 Å². The Bertz CT molecular complexity index is 1180. The van der Waals surface area contributed by atoms with Crippen LogP contribution in [-0.2, 0) is 9.59 Å². The molecule has 2 atom stereocenters. The second-order valence-electron chi connectivity index (χ2n) is 8.87. The van der Waals surface area contributed by atoms with Gasteiger partial charge in [0.05, 0.1) is 0 Å². The number of carbonyl (C=O) groups is 2. The van der Waals surface area contributed by atoms with Gasteiger partial charge in [-0.3, -0.25) is 9.80 Å². The molecule has 11 nitrogen and oxygen atoms in total. The van der Waals surface area contributed by atoms with E-state index in [-0.39, 0.29) is 12.7 Å². The minimum Gasteiger partial charge on any atom is -0.490 e. The molecule has 3 aromatic rings. The highest BCUT2D eigenvalue weighted by atomic mass is 16.6. The number of aliphatic hydroxyl groups excluding tert-OH is 1. The first-order chi connectivity index (χ1) is 17.9. The number of carboxylic acid groups (broad SMARTS) is 2. The van der Waals surface area contributed by atoms with E-state index in [0.29, 0.717) is 13.2 Å². The molecule has 0 aliphatic carbocycles. The number of carboxylic acids is 2. The van der Waals surface area contributed by atoms with E-state index in [1.807, 2.05) is 54.7 Å². The molecule has 1 saturated heterocycles. The number of piperazine rings is 1. The minimum absolute atomic E-state index is 0.0524. The van der Waals surface area contributed by atoms with Crippen molar-refractivity contribution < 1.29 is 39.1 Å². The maximum Gasteiger partial charge on any atom is 0.414 e. The third-order valence-corrected chi connectivity index (χ3v) is 6.13. The van der Waals surface area contributed by atoms with Crippen LogP contribution in [0.2, 0.25) is 0 Å². The lowest BCUT2D eigenvalue weighted by atomic mass is 10.2. The Morgan fingerprint density at radius 1 is 0.973 bits per heavy atom. The quantitative estimate of drug-likeness (QED) is 0.343. The fourth-order valence-corrected chi connectivity index (χ4v) is 4.31. The number of H-pyrrole nitrogens is 1. The van der Waals surface area contributed by atoms with Gasteiger partial charge in [-0.05, 0) is 30.3 Å². The standard InChI is InChI=1S/C24H29N3O4.C2H2O4/c28-18(16-29-22-7-3-4-21-20(22)8-9-25-21)14-26-10-12-27(13-11-26)15-19-17-30-23-5-1-2-6-24(23)31-19;3-1(4)2(5)6/h1-9,18-19,25,28H,10-17H2;(H,3,4)(H,5,6)/t18-,19?;/m0./s1. The Hall–Kier alpha value is -3.80. The van der Waals surface area contributed by atoms with Crippen LogP contribution in [0.5, 0.6) is 17.2 Å². The van der Waals surface area contributed by atoms with Crippen LogP contribution in [-0.4, -0.2) is 107 Å². The van der Waals surface area contributed by atoms with Gasteiger partial charge < -0.3 is 34.5 Å². The van der Waals surface area contributed by atoms with Crippen molar-refractivity contribution in [1.29, 1.82) is 0 Å². The fraction of sp³-hybridized carbons (Fsp3) is 0.385. The molecule has 2 aromatic carbocycles. The minimum atomic E-state index is -1.82. The summed E-state index contributed by atoms with van der Waals surface area (Å²) in [7, 11) is 0. The molecule has 1 aromatic heterocycles. The lowest BCUT2D eigenvalue weighted by Gasteiger charge is -2.37. The van der Waals surface area contributed by atoms with Crippen LogP contribution >= 0.6 is 0 Å². The van der Waals surface area contributed by atoms with Gasteiger partial charge in [-0.25, -0.2) is 9.59 Å². The van der Waals surface area contributed by atoms with Crippen molar-refractivity contribution in [3.63, 3.8) is 0 Å². The van der Waals surface area contributed by atoms with Gasteiger partial charge in [-0.1, -0.05) is 18.2 Å². The lowest BCUT2D eigenvalue weighted by molar-refractivity contribution is -0.159. The number of aliphatic carboxylic acids is 2. The molecule has 3 heterocycles. The molecule has 37 heavy (non-hydrogen) atoms. The maximum absolute atomic E-state index is 10.5. The summed E-state index contributed by atoms with van der Waals surface area (Å²) in [5.74, 6) is -1.19. The molecule has 2 aliphatic rings. The number of nitrogens with one attached hydrogen (secondary N) is 1. The molecular weight excluding hydrogens is 482 g/mol. The number of rotatable bonds is 7. The Labute approximate surface area is 213 Å². The smallest absolute Gasteiger partial charge is 0.414 e. The van der Waals surface area contributed by atoms with Gasteiger partial charge >= 0.3 is 11.9 Å². The molecule has 0 radical (unpaired) electrons. The molecule has 11 heteroatoms. The third-order valence-electron chi connectivity index (χ3n) is 6.13. The molecule has 4 N–H and O–H groups in total. The van der Waals surface area contributed by atoms with Crippen molar-refractivity contribution in [3.05, 3.63) is 54.7 Å². The predicted molar refractivity (Wildman–Crippen MR) is 134 cm³/mol. The number of hydrogen-bond acceptors (Lipinski definition) is 8. The molecule has 0 saturated carbocycles. The van der Waals surface area contributed by atoms with Gasteiger partial charge in [0, 0.05) is 56.4 Å². The number of β-amino-alcohol motifs (C(OH)–C–C–N with tert-alkyl or cyclic N) is 1. The number of para-hydroxylation sites is 2. The lowest BCUT2D eigenvalue weighted by Crippen LogP contribution is -2.52. The van der Waals surface area contributed by atoms with Crippen molar-refractivity contribution in [2.75, 3.05) is 52.5 Å². The second kappa shape index (κ2) is 12.4. The van der Waals surface area contributed by atoms with E-state index in [9.17, 15) is 5.11 Å². The van der Waals surface area contributed by atoms with Crippen molar-refractivity contribution >= 4 is 22.8 Å². The van der Waals surface area contributed by atoms with Gasteiger partial charge in [0.15, 0.2) is 11.5 Å². The van der Waals surface area contributed by atoms with E-state index < -0.39 is 18.0 Å². The number of aliphatic hydroxyl groups is 1. The number of hydrogen-bond donors (Lipinski definition) is 4. The van der Waals surface area contributed by atoms with Gasteiger partial charge in [0.2, 0.25) is 0 Å². The van der Waals surface area contributed by atoms with Crippen molar-refractivity contribution in [3.8, 4) is 17.2 Å². The first-order valence-electron chi connectivity index (χ1n) is 12.1. The highest BCUT2D eigenvalue weighted by Gasteiger charge is 2.26. The zero-order chi connectivity index (χ0) is 26.2. The first kappa shape index (κ1) is 26.3. The number of fused-ring (bicyclic) bond motifs is 2. The van der Waals surface area contributed by atoms with Crippen LogP contribution < -0.4 is 14.2 Å². The number of benzene rings is 2. The average Bonchev–Trinajstić information content (AvgIpc) is 3.38. The number of ether oxygens (including phenoxy) is 3. The molecule has 5 rings (SSSR count). The summed E-state index contributed by atoms with van der Waals surface area (Å²) in [4.78, 5) is 26.1. The van der Waals surface area contributed by atoms with Crippen LogP contribution in [0, 0.1) is 0 Å². The summed E-state index contributed by atoms with van der Waals surface area (Å²) in [6.07, 6.45) is 1.43. The summed E-state index contributed by atoms with van der Waals surface area (Å²) in [6.45, 7) is 6.11. The summed E-state index contributed by atoms with van der Waals surface area (Å²) in [5, 5.41) is 26.3. The molecular formula is C26H31N3O8. The van der Waals surface area contributed by atoms with Crippen LogP contribution in [0.4, 0.5) is 0 Å². The van der Waals surface area contributed by atoms with Crippen molar-refractivity contribution in [2.24, 2.45) is 0 Å². The van der Waals surface area contributed by atoms with E-state index in [2.05, 4.69) is 14.8 Å². The molecule has 198 valence electrons. The number of aromatic amines is 1. The predicted octanol–water partition coefficient (Wildman–Crippen LogP) is 1.52. The van der Waals surface area contributed by atoms with E-state index in [4.69, 9.17) is 34.0 Å². The Balaban J connectivity index is 0.000000480. The van der Waals surface area contributed by atoms with E-state index >= 15 is 0 Å². The van der Waals surface area contributed by atoms with Gasteiger partial charge in [0.25, 0.3) is 0 Å². The summed E-state index contributed by atoms with van der Waals surface area (Å²) in [5.41, 5.74) is 1.04. The maximum atomic E-state index is 10.5. The molecule has 1 unspecified atom stereocenters. The number of aromatic nitrogens is 1. The topological polar surface area (TPSA) is 145 Å². The molecule has 1 fully saturated rings. The zero-order valence-corrected chi connectivity index (χ0v) is 20.3. The largest absolute Gasteiger partial charge is 0.490 e. The monoisotopic (exact) mass is 513 g/mol. The average molecular weight is 514 g/mol. The summed E-state index contributed by atoms with van der Waals surface area (Å²) >= 11 is 0. The SMILES string of the molecule is O=C(O)C(=O)O.O[C@H](COc1cccc2[nH]ccc12)CN1CCN(CC2COc3ccccc3O2)CC1. The number of nitrogens with zero attached hydrogens (tertiary/aromatic N) is 2. The van der Waals surface area contributed by atoms with Crippen LogP contribution in [0.15, 0.2) is 54.7 Å². The molecule has 0 spiro atoms. The highest BCUT2D eigenvalue weighted by molar-refractivity contribution is 6.27. The summed E-state index contributed by atoms with van der Waals surface area (Å²) in [6, 6.07) is 15.7. The van der Waals surface area contributed by atoms with Crippen LogP contribution in [0.1, 0.15) is 0 Å². The second-order valence-corrected chi connectivity index (χ2v) is 8.87. The Morgan fingerprint density at radius 3 is 2.41 bits per heavy atom. The van der Waals surface area contributed by atoms with Crippen LogP contribution in [0.25, 0.3) is 10.9 Å². The normalized spacial score (nSPS) is 18.5. The van der Waals surface area contributed by atoms with Gasteiger partial charge in [-0.15, -0.1) is 0 Å². The zero-order valence-electron chi connectivity index (χ0n) is 20.3.